The summed E-state index contributed by atoms with van der Waals surface area (Å²) in [6, 6.07) is 7.75. The highest BCUT2D eigenvalue weighted by Crippen LogP contribution is 2.26. The van der Waals surface area contributed by atoms with Crippen LogP contribution in [0.5, 0.6) is 0 Å². The summed E-state index contributed by atoms with van der Waals surface area (Å²) in [7, 11) is 0. The lowest BCUT2D eigenvalue weighted by Crippen LogP contribution is -2.48. The fraction of sp³-hybridized carbons (Fsp3) is 0.524. The van der Waals surface area contributed by atoms with Crippen LogP contribution in [-0.2, 0) is 23.2 Å². The highest BCUT2D eigenvalue weighted by atomic mass is 35.5. The third kappa shape index (κ3) is 5.53. The van der Waals surface area contributed by atoms with Crippen molar-refractivity contribution in [2.75, 3.05) is 26.2 Å². The molecule has 146 valence electrons. The predicted octanol–water partition coefficient (Wildman–Crippen LogP) is 4.37. The van der Waals surface area contributed by atoms with Crippen LogP contribution in [0.1, 0.15) is 43.5 Å². The number of hydrogen-bond donors (Lipinski definition) is 0. The van der Waals surface area contributed by atoms with Crippen LogP contribution < -0.4 is 0 Å². The lowest BCUT2D eigenvalue weighted by atomic mass is 9.98. The summed E-state index contributed by atoms with van der Waals surface area (Å²) < 4.78 is 0. The molecule has 1 amide bonds. The Balaban J connectivity index is 1.45. The van der Waals surface area contributed by atoms with Gasteiger partial charge in [-0.3, -0.25) is 9.69 Å². The highest BCUT2D eigenvalue weighted by Gasteiger charge is 2.23. The van der Waals surface area contributed by atoms with Crippen LogP contribution in [0.15, 0.2) is 29.6 Å². The van der Waals surface area contributed by atoms with Crippen LogP contribution in [-0.4, -0.2) is 46.9 Å². The zero-order valence-electron chi connectivity index (χ0n) is 16.4. The van der Waals surface area contributed by atoms with E-state index in [2.05, 4.69) is 31.1 Å². The molecule has 1 aromatic heterocycles. The molecule has 1 fully saturated rings. The minimum atomic E-state index is 0.107. The third-order valence-corrected chi connectivity index (χ3v) is 6.56. The first-order valence-corrected chi connectivity index (χ1v) is 10.8. The van der Waals surface area contributed by atoms with Crippen LogP contribution in [0.25, 0.3) is 0 Å². The molecule has 0 N–H and O–H groups in total. The van der Waals surface area contributed by atoms with Gasteiger partial charge in [0.1, 0.15) is 0 Å². The van der Waals surface area contributed by atoms with E-state index < -0.39 is 0 Å². The molecule has 3 rings (SSSR count). The SMILES string of the molecule is CC(C)(C)c1nc(CN2CCN(C(=O)CCc3ccccc3Cl)CC2)cs1. The number of thiazole rings is 1. The molecule has 0 bridgehead atoms. The lowest BCUT2D eigenvalue weighted by Gasteiger charge is -2.34. The summed E-state index contributed by atoms with van der Waals surface area (Å²) in [5, 5.41) is 4.10. The molecular weight excluding hydrogens is 378 g/mol. The number of carbonyl (C=O) groups excluding carboxylic acids is 1. The summed E-state index contributed by atoms with van der Waals surface area (Å²) >= 11 is 7.93. The summed E-state index contributed by atoms with van der Waals surface area (Å²) in [6.45, 7) is 10.8. The van der Waals surface area contributed by atoms with Crippen LogP contribution in [0, 0.1) is 0 Å². The summed E-state index contributed by atoms with van der Waals surface area (Å²) in [6.07, 6.45) is 1.22. The van der Waals surface area contributed by atoms with Gasteiger partial charge in [0, 0.05) is 55.0 Å². The van der Waals surface area contributed by atoms with E-state index in [-0.39, 0.29) is 11.3 Å². The highest BCUT2D eigenvalue weighted by molar-refractivity contribution is 7.09. The van der Waals surface area contributed by atoms with E-state index in [0.29, 0.717) is 12.8 Å². The Morgan fingerprint density at radius 2 is 1.89 bits per heavy atom. The molecule has 0 aliphatic carbocycles. The van der Waals surface area contributed by atoms with Gasteiger partial charge in [-0.05, 0) is 18.1 Å². The van der Waals surface area contributed by atoms with Gasteiger partial charge in [0.25, 0.3) is 0 Å². The molecule has 0 atom stereocenters. The van der Waals surface area contributed by atoms with E-state index in [1.165, 1.54) is 5.01 Å². The zero-order valence-corrected chi connectivity index (χ0v) is 17.9. The molecule has 2 heterocycles. The van der Waals surface area contributed by atoms with Gasteiger partial charge in [-0.25, -0.2) is 4.98 Å². The second-order valence-corrected chi connectivity index (χ2v) is 9.41. The molecule has 1 aliphatic heterocycles. The van der Waals surface area contributed by atoms with Crippen molar-refractivity contribution in [3.8, 4) is 0 Å². The Morgan fingerprint density at radius 1 is 1.19 bits per heavy atom. The second-order valence-electron chi connectivity index (χ2n) is 8.14. The minimum Gasteiger partial charge on any atom is -0.340 e. The van der Waals surface area contributed by atoms with Gasteiger partial charge in [0.2, 0.25) is 5.91 Å². The molecule has 6 heteroatoms. The van der Waals surface area contributed by atoms with Gasteiger partial charge < -0.3 is 4.90 Å². The number of aromatic nitrogens is 1. The first-order chi connectivity index (χ1) is 12.8. The van der Waals surface area contributed by atoms with E-state index in [1.807, 2.05) is 29.2 Å². The number of aryl methyl sites for hydroxylation is 1. The van der Waals surface area contributed by atoms with Crippen LogP contribution in [0.2, 0.25) is 5.02 Å². The predicted molar refractivity (Wildman–Crippen MR) is 112 cm³/mol. The van der Waals surface area contributed by atoms with Crippen LogP contribution in [0.4, 0.5) is 0 Å². The number of nitrogens with zero attached hydrogens (tertiary/aromatic N) is 3. The van der Waals surface area contributed by atoms with Crippen molar-refractivity contribution in [2.24, 2.45) is 0 Å². The summed E-state index contributed by atoms with van der Waals surface area (Å²) in [4.78, 5) is 21.7. The van der Waals surface area contributed by atoms with E-state index in [9.17, 15) is 4.79 Å². The lowest BCUT2D eigenvalue weighted by molar-refractivity contribution is -0.133. The Morgan fingerprint density at radius 3 is 2.52 bits per heavy atom. The number of carbonyl (C=O) groups is 1. The molecule has 4 nitrogen and oxygen atoms in total. The quantitative estimate of drug-likeness (QED) is 0.741. The van der Waals surface area contributed by atoms with E-state index in [4.69, 9.17) is 16.6 Å². The Bertz CT molecular complexity index is 776. The number of hydrogen-bond acceptors (Lipinski definition) is 4. The average molecular weight is 406 g/mol. The first-order valence-electron chi connectivity index (χ1n) is 9.51. The Hall–Kier alpha value is -1.43. The van der Waals surface area contributed by atoms with Crippen LogP contribution in [0.3, 0.4) is 0 Å². The van der Waals surface area contributed by atoms with E-state index in [1.54, 1.807) is 11.3 Å². The van der Waals surface area contributed by atoms with Gasteiger partial charge >= 0.3 is 0 Å². The van der Waals surface area contributed by atoms with E-state index in [0.717, 1.165) is 49.0 Å². The van der Waals surface area contributed by atoms with Gasteiger partial charge in [0.05, 0.1) is 10.7 Å². The molecule has 0 saturated carbocycles. The van der Waals surface area contributed by atoms with Crippen molar-refractivity contribution in [2.45, 2.75) is 45.6 Å². The molecule has 0 unspecified atom stereocenters. The van der Waals surface area contributed by atoms with Crippen molar-refractivity contribution >= 4 is 28.8 Å². The number of amides is 1. The normalized spacial score (nSPS) is 15.9. The van der Waals surface area contributed by atoms with Crippen molar-refractivity contribution in [1.29, 1.82) is 0 Å². The third-order valence-electron chi connectivity index (χ3n) is 4.87. The molecule has 1 aliphatic rings. The maximum Gasteiger partial charge on any atom is 0.222 e. The van der Waals surface area contributed by atoms with Gasteiger partial charge in [-0.15, -0.1) is 11.3 Å². The Labute approximate surface area is 171 Å². The second kappa shape index (κ2) is 8.72. The molecule has 0 spiro atoms. The van der Waals surface area contributed by atoms with Crippen LogP contribution >= 0.6 is 22.9 Å². The van der Waals surface area contributed by atoms with Crippen molar-refractivity contribution < 1.29 is 4.79 Å². The minimum absolute atomic E-state index is 0.107. The topological polar surface area (TPSA) is 36.4 Å². The number of halogens is 1. The molecule has 1 saturated heterocycles. The van der Waals surface area contributed by atoms with E-state index >= 15 is 0 Å². The average Bonchev–Trinajstić information content (AvgIpc) is 3.10. The maximum atomic E-state index is 12.5. The Kier molecular flexibility index (Phi) is 6.56. The first kappa shape index (κ1) is 20.3. The molecule has 0 radical (unpaired) electrons. The number of benzene rings is 1. The van der Waals surface area contributed by atoms with Crippen molar-refractivity contribution in [1.82, 2.24) is 14.8 Å². The largest absolute Gasteiger partial charge is 0.340 e. The number of rotatable bonds is 5. The maximum absolute atomic E-state index is 12.5. The van der Waals surface area contributed by atoms with Crippen molar-refractivity contribution in [3.05, 3.63) is 50.9 Å². The standard InChI is InChI=1S/C21H28ClN3OS/c1-21(2,3)20-23-17(15-27-20)14-24-10-12-25(13-11-24)19(26)9-8-16-6-4-5-7-18(16)22/h4-7,15H,8-14H2,1-3H3. The molecular formula is C21H28ClN3OS. The number of piperazine rings is 1. The van der Waals surface area contributed by atoms with Crippen molar-refractivity contribution in [3.63, 3.8) is 0 Å². The van der Waals surface area contributed by atoms with Gasteiger partial charge in [-0.2, -0.15) is 0 Å². The summed E-state index contributed by atoms with van der Waals surface area (Å²) in [5.41, 5.74) is 2.29. The monoisotopic (exact) mass is 405 g/mol. The van der Waals surface area contributed by atoms with Gasteiger partial charge in [0.15, 0.2) is 0 Å². The molecule has 2 aromatic rings. The smallest absolute Gasteiger partial charge is 0.222 e. The fourth-order valence-electron chi connectivity index (χ4n) is 3.21. The fourth-order valence-corrected chi connectivity index (χ4v) is 4.34. The zero-order chi connectivity index (χ0) is 19.4. The van der Waals surface area contributed by atoms with Gasteiger partial charge in [-0.1, -0.05) is 50.6 Å². The molecule has 27 heavy (non-hydrogen) atoms. The summed E-state index contributed by atoms with van der Waals surface area (Å²) in [5.74, 6) is 0.221. The molecule has 1 aromatic carbocycles.